The van der Waals surface area contributed by atoms with Gasteiger partial charge in [0.15, 0.2) is 6.61 Å². The fourth-order valence-electron chi connectivity index (χ4n) is 4.36. The molecule has 1 heterocycles. The summed E-state index contributed by atoms with van der Waals surface area (Å²) in [6, 6.07) is 11.3. The molecule has 0 radical (unpaired) electrons. The molecule has 1 N–H and O–H groups in total. The third-order valence-corrected chi connectivity index (χ3v) is 5.99. The number of hydrogen-bond donors (Lipinski definition) is 1. The van der Waals surface area contributed by atoms with Gasteiger partial charge < -0.3 is 10.1 Å². The van der Waals surface area contributed by atoms with Crippen LogP contribution in [0.25, 0.3) is 0 Å². The molecule has 2 aromatic carbocycles. The Morgan fingerprint density at radius 2 is 1.78 bits per heavy atom. The Labute approximate surface area is 184 Å². The minimum atomic E-state index is -0.758. The van der Waals surface area contributed by atoms with Gasteiger partial charge in [0.1, 0.15) is 5.82 Å². The second kappa shape index (κ2) is 8.90. The van der Waals surface area contributed by atoms with E-state index in [0.29, 0.717) is 30.1 Å². The van der Waals surface area contributed by atoms with Gasteiger partial charge in [0.2, 0.25) is 11.8 Å². The van der Waals surface area contributed by atoms with Gasteiger partial charge in [-0.25, -0.2) is 9.18 Å². The largest absolute Gasteiger partial charge is 0.452 e. The molecule has 32 heavy (non-hydrogen) atoms. The molecule has 166 valence electrons. The van der Waals surface area contributed by atoms with Crippen molar-refractivity contribution in [2.75, 3.05) is 16.8 Å². The van der Waals surface area contributed by atoms with Crippen LogP contribution in [-0.4, -0.2) is 30.3 Å². The van der Waals surface area contributed by atoms with Gasteiger partial charge in [0, 0.05) is 5.69 Å². The Morgan fingerprint density at radius 1 is 1.06 bits per heavy atom. The van der Waals surface area contributed by atoms with Crippen molar-refractivity contribution in [1.82, 2.24) is 0 Å². The molecule has 1 aliphatic carbocycles. The molecule has 0 aromatic heterocycles. The summed E-state index contributed by atoms with van der Waals surface area (Å²) in [7, 11) is 0. The number of anilines is 2. The quantitative estimate of drug-likeness (QED) is 0.569. The molecule has 2 fully saturated rings. The molecule has 2 aliphatic rings. The van der Waals surface area contributed by atoms with E-state index in [1.165, 1.54) is 41.3 Å². The standard InChI is InChI=1S/C24H23FN2O5/c1-14-5-10-19-20(11-14)23(30)27(22(19)29)18-4-2-3-15(12-18)24(31)32-13-21(28)26-17-8-6-16(25)7-9-17/h2-4,6-9,12,14,19-20H,5,10-11,13H2,1H3,(H,26,28)/t14-,19+,20-/m1/s1. The lowest BCUT2D eigenvalue weighted by atomic mass is 9.76. The average molecular weight is 438 g/mol. The van der Waals surface area contributed by atoms with Gasteiger partial charge in [-0.05, 0) is 67.6 Å². The zero-order valence-corrected chi connectivity index (χ0v) is 17.5. The topological polar surface area (TPSA) is 92.8 Å². The summed E-state index contributed by atoms with van der Waals surface area (Å²) in [5, 5.41) is 2.50. The number of nitrogens with one attached hydrogen (secondary N) is 1. The first-order valence-electron chi connectivity index (χ1n) is 10.5. The maximum Gasteiger partial charge on any atom is 0.338 e. The number of hydrogen-bond acceptors (Lipinski definition) is 5. The molecule has 0 bridgehead atoms. The van der Waals surface area contributed by atoms with Crippen molar-refractivity contribution in [3.63, 3.8) is 0 Å². The van der Waals surface area contributed by atoms with Crippen LogP contribution in [0.1, 0.15) is 36.5 Å². The molecule has 3 atom stereocenters. The summed E-state index contributed by atoms with van der Waals surface area (Å²) < 4.78 is 18.0. The molecule has 4 rings (SSSR count). The molecule has 0 unspecified atom stereocenters. The molecule has 1 saturated carbocycles. The summed E-state index contributed by atoms with van der Waals surface area (Å²) in [6.45, 7) is 1.55. The molecule has 0 spiro atoms. The molecule has 7 nitrogen and oxygen atoms in total. The van der Waals surface area contributed by atoms with Gasteiger partial charge in [0.25, 0.3) is 5.91 Å². The lowest BCUT2D eigenvalue weighted by Crippen LogP contribution is -2.31. The highest BCUT2D eigenvalue weighted by atomic mass is 19.1. The van der Waals surface area contributed by atoms with E-state index in [0.717, 1.165) is 6.42 Å². The third kappa shape index (κ3) is 4.39. The van der Waals surface area contributed by atoms with Crippen LogP contribution in [-0.2, 0) is 19.1 Å². The van der Waals surface area contributed by atoms with Crippen molar-refractivity contribution in [2.45, 2.75) is 26.2 Å². The van der Waals surface area contributed by atoms with E-state index in [9.17, 15) is 23.6 Å². The molecule has 1 saturated heterocycles. The first kappa shape index (κ1) is 21.7. The first-order valence-corrected chi connectivity index (χ1v) is 10.5. The number of amides is 3. The van der Waals surface area contributed by atoms with Gasteiger partial charge in [-0.3, -0.25) is 19.3 Å². The highest BCUT2D eigenvalue weighted by Gasteiger charge is 2.50. The first-order chi connectivity index (χ1) is 15.3. The molecular weight excluding hydrogens is 415 g/mol. The predicted octanol–water partition coefficient (Wildman–Crippen LogP) is 3.55. The van der Waals surface area contributed by atoms with E-state index < -0.39 is 24.3 Å². The number of imide groups is 1. The van der Waals surface area contributed by atoms with Crippen molar-refractivity contribution in [3.05, 3.63) is 59.9 Å². The van der Waals surface area contributed by atoms with E-state index >= 15 is 0 Å². The van der Waals surface area contributed by atoms with Gasteiger partial charge in [0.05, 0.1) is 23.1 Å². The fraction of sp³-hybridized carbons (Fsp3) is 0.333. The minimum Gasteiger partial charge on any atom is -0.452 e. The highest BCUT2D eigenvalue weighted by Crippen LogP contribution is 2.42. The third-order valence-electron chi connectivity index (χ3n) is 5.99. The van der Waals surface area contributed by atoms with Crippen LogP contribution in [0, 0.1) is 23.6 Å². The van der Waals surface area contributed by atoms with Crippen molar-refractivity contribution in [2.24, 2.45) is 17.8 Å². The molecule has 8 heteroatoms. The summed E-state index contributed by atoms with van der Waals surface area (Å²) in [4.78, 5) is 51.3. The minimum absolute atomic E-state index is 0.126. The van der Waals surface area contributed by atoms with Crippen LogP contribution >= 0.6 is 0 Å². The molecule has 3 amide bonds. The van der Waals surface area contributed by atoms with E-state index in [1.54, 1.807) is 12.1 Å². The highest BCUT2D eigenvalue weighted by molar-refractivity contribution is 6.22. The Hall–Kier alpha value is -3.55. The van der Waals surface area contributed by atoms with Crippen LogP contribution in [0.2, 0.25) is 0 Å². The monoisotopic (exact) mass is 438 g/mol. The molecular formula is C24H23FN2O5. The number of ether oxygens (including phenoxy) is 1. The van der Waals surface area contributed by atoms with Crippen LogP contribution in [0.15, 0.2) is 48.5 Å². The van der Waals surface area contributed by atoms with Gasteiger partial charge in [-0.1, -0.05) is 13.0 Å². The zero-order chi connectivity index (χ0) is 22.8. The predicted molar refractivity (Wildman–Crippen MR) is 114 cm³/mol. The Morgan fingerprint density at radius 3 is 2.53 bits per heavy atom. The van der Waals surface area contributed by atoms with Crippen LogP contribution < -0.4 is 10.2 Å². The second-order valence-corrected chi connectivity index (χ2v) is 8.32. The van der Waals surface area contributed by atoms with E-state index in [1.807, 2.05) is 0 Å². The van der Waals surface area contributed by atoms with E-state index in [-0.39, 0.29) is 29.2 Å². The number of nitrogens with zero attached hydrogens (tertiary/aromatic N) is 1. The summed E-state index contributed by atoms with van der Waals surface area (Å²) in [5.41, 5.74) is 0.824. The van der Waals surface area contributed by atoms with E-state index in [2.05, 4.69) is 12.2 Å². The molecule has 2 aromatic rings. The number of esters is 1. The van der Waals surface area contributed by atoms with Crippen molar-refractivity contribution in [3.8, 4) is 0 Å². The van der Waals surface area contributed by atoms with Crippen molar-refractivity contribution < 1.29 is 28.3 Å². The Balaban J connectivity index is 1.41. The lowest BCUT2D eigenvalue weighted by Gasteiger charge is -2.25. The number of carbonyl (C=O) groups is 4. The van der Waals surface area contributed by atoms with Crippen LogP contribution in [0.4, 0.5) is 15.8 Å². The number of halogens is 1. The van der Waals surface area contributed by atoms with Crippen LogP contribution in [0.3, 0.4) is 0 Å². The normalized spacial score (nSPS) is 22.4. The summed E-state index contributed by atoms with van der Waals surface area (Å²) in [6.07, 6.45) is 2.30. The lowest BCUT2D eigenvalue weighted by molar-refractivity contribution is -0.122. The zero-order valence-electron chi connectivity index (χ0n) is 17.5. The SMILES string of the molecule is C[C@@H]1CC[C@@H]2C(=O)N(c3cccc(C(=O)OCC(=O)Nc4ccc(F)cc4)c3)C(=O)[C@@H]2C1. The van der Waals surface area contributed by atoms with E-state index in [4.69, 9.17) is 4.74 Å². The summed E-state index contributed by atoms with van der Waals surface area (Å²) in [5.74, 6) is -2.43. The Bertz CT molecular complexity index is 1070. The van der Waals surface area contributed by atoms with Crippen molar-refractivity contribution in [1.29, 1.82) is 0 Å². The molecule has 1 aliphatic heterocycles. The van der Waals surface area contributed by atoms with Gasteiger partial charge in [-0.15, -0.1) is 0 Å². The van der Waals surface area contributed by atoms with Gasteiger partial charge >= 0.3 is 5.97 Å². The smallest absolute Gasteiger partial charge is 0.338 e. The number of fused-ring (bicyclic) bond motifs is 1. The number of carbonyl (C=O) groups excluding carboxylic acids is 4. The second-order valence-electron chi connectivity index (χ2n) is 8.32. The maximum absolute atomic E-state index is 12.9. The number of rotatable bonds is 5. The maximum atomic E-state index is 12.9. The fourth-order valence-corrected chi connectivity index (χ4v) is 4.36. The Kier molecular flexibility index (Phi) is 6.03. The summed E-state index contributed by atoms with van der Waals surface area (Å²) >= 11 is 0. The average Bonchev–Trinajstić information content (AvgIpc) is 3.03. The van der Waals surface area contributed by atoms with Crippen LogP contribution in [0.5, 0.6) is 0 Å². The van der Waals surface area contributed by atoms with Crippen molar-refractivity contribution >= 4 is 35.1 Å². The van der Waals surface area contributed by atoms with Gasteiger partial charge in [-0.2, -0.15) is 0 Å². The number of benzene rings is 2.